The number of halogens is 1. The van der Waals surface area contributed by atoms with Crippen molar-refractivity contribution in [2.45, 2.75) is 25.4 Å². The van der Waals surface area contributed by atoms with Crippen molar-refractivity contribution in [3.8, 4) is 5.75 Å². The first-order valence-electron chi connectivity index (χ1n) is 6.77. The van der Waals surface area contributed by atoms with Gasteiger partial charge in [0.1, 0.15) is 18.1 Å². The van der Waals surface area contributed by atoms with Gasteiger partial charge in [-0.1, -0.05) is 35.9 Å². The standard InChI is InChI=1S/C17H15ClO2/c18-15-10-12(11-19)8-9-17(15)20-16-7-3-5-13-4-1-2-6-14(13)16/h1-2,4,6,8-11,16H,3,5,7H2. The molecule has 3 rings (SSSR count). The topological polar surface area (TPSA) is 26.3 Å². The molecule has 1 unspecified atom stereocenters. The molecule has 0 amide bonds. The molecule has 0 heterocycles. The Morgan fingerprint density at radius 2 is 2.05 bits per heavy atom. The van der Waals surface area contributed by atoms with Crippen LogP contribution >= 0.6 is 11.6 Å². The summed E-state index contributed by atoms with van der Waals surface area (Å²) in [4.78, 5) is 10.7. The number of ether oxygens (including phenoxy) is 1. The Morgan fingerprint density at radius 1 is 1.20 bits per heavy atom. The zero-order valence-electron chi connectivity index (χ0n) is 11.0. The number of rotatable bonds is 3. The van der Waals surface area contributed by atoms with E-state index in [2.05, 4.69) is 18.2 Å². The van der Waals surface area contributed by atoms with Gasteiger partial charge in [0.05, 0.1) is 5.02 Å². The smallest absolute Gasteiger partial charge is 0.150 e. The van der Waals surface area contributed by atoms with Crippen LogP contribution in [-0.2, 0) is 6.42 Å². The number of benzene rings is 2. The van der Waals surface area contributed by atoms with Gasteiger partial charge in [-0.05, 0) is 48.6 Å². The molecule has 0 saturated carbocycles. The third-order valence-corrected chi connectivity index (χ3v) is 3.97. The maximum Gasteiger partial charge on any atom is 0.150 e. The second-order valence-corrected chi connectivity index (χ2v) is 5.41. The highest BCUT2D eigenvalue weighted by atomic mass is 35.5. The van der Waals surface area contributed by atoms with E-state index in [1.807, 2.05) is 6.07 Å². The van der Waals surface area contributed by atoms with Gasteiger partial charge < -0.3 is 4.74 Å². The number of aldehydes is 1. The zero-order valence-corrected chi connectivity index (χ0v) is 11.8. The van der Waals surface area contributed by atoms with E-state index in [1.165, 1.54) is 11.1 Å². The molecule has 0 radical (unpaired) electrons. The second-order valence-electron chi connectivity index (χ2n) is 5.01. The highest BCUT2D eigenvalue weighted by molar-refractivity contribution is 6.32. The first-order chi connectivity index (χ1) is 9.78. The molecule has 1 aliphatic rings. The van der Waals surface area contributed by atoms with Crippen LogP contribution in [0.1, 0.15) is 40.4 Å². The molecule has 0 aliphatic heterocycles. The number of hydrogen-bond acceptors (Lipinski definition) is 2. The van der Waals surface area contributed by atoms with Crippen molar-refractivity contribution in [2.24, 2.45) is 0 Å². The number of fused-ring (bicyclic) bond motifs is 1. The number of aryl methyl sites for hydroxylation is 1. The molecule has 0 bridgehead atoms. The Labute approximate surface area is 123 Å². The SMILES string of the molecule is O=Cc1ccc(OC2CCCc3ccccc32)c(Cl)c1. The summed E-state index contributed by atoms with van der Waals surface area (Å²) in [6, 6.07) is 13.5. The van der Waals surface area contributed by atoms with Gasteiger partial charge in [0, 0.05) is 5.56 Å². The first-order valence-corrected chi connectivity index (χ1v) is 7.15. The minimum atomic E-state index is 0.0412. The second kappa shape index (κ2) is 5.68. The van der Waals surface area contributed by atoms with E-state index in [0.29, 0.717) is 16.3 Å². The minimum Gasteiger partial charge on any atom is -0.484 e. The molecule has 0 fully saturated rings. The highest BCUT2D eigenvalue weighted by Gasteiger charge is 2.22. The fourth-order valence-electron chi connectivity index (χ4n) is 2.67. The van der Waals surface area contributed by atoms with Gasteiger partial charge >= 0.3 is 0 Å². The summed E-state index contributed by atoms with van der Waals surface area (Å²) in [5.41, 5.74) is 3.16. The number of hydrogen-bond donors (Lipinski definition) is 0. The van der Waals surface area contributed by atoms with Crippen LogP contribution in [0.2, 0.25) is 5.02 Å². The summed E-state index contributed by atoms with van der Waals surface area (Å²) in [5, 5.41) is 0.484. The van der Waals surface area contributed by atoms with Crippen LogP contribution in [-0.4, -0.2) is 6.29 Å². The van der Waals surface area contributed by atoms with Gasteiger partial charge in [-0.3, -0.25) is 4.79 Å². The fraction of sp³-hybridized carbons (Fsp3) is 0.235. The Balaban J connectivity index is 1.87. The van der Waals surface area contributed by atoms with Gasteiger partial charge in [-0.25, -0.2) is 0 Å². The third-order valence-electron chi connectivity index (χ3n) is 3.68. The van der Waals surface area contributed by atoms with E-state index >= 15 is 0 Å². The largest absolute Gasteiger partial charge is 0.484 e. The van der Waals surface area contributed by atoms with Crippen LogP contribution in [0.5, 0.6) is 5.75 Å². The molecule has 0 spiro atoms. The van der Waals surface area contributed by atoms with E-state index in [0.717, 1.165) is 25.5 Å². The van der Waals surface area contributed by atoms with Crippen LogP contribution < -0.4 is 4.74 Å². The van der Waals surface area contributed by atoms with Gasteiger partial charge in [0.25, 0.3) is 0 Å². The van der Waals surface area contributed by atoms with Crippen LogP contribution in [0.15, 0.2) is 42.5 Å². The monoisotopic (exact) mass is 286 g/mol. The molecule has 20 heavy (non-hydrogen) atoms. The predicted octanol–water partition coefficient (Wildman–Crippen LogP) is 4.61. The average molecular weight is 287 g/mol. The first kappa shape index (κ1) is 13.2. The van der Waals surface area contributed by atoms with Gasteiger partial charge in [-0.2, -0.15) is 0 Å². The average Bonchev–Trinajstić information content (AvgIpc) is 2.49. The number of carbonyl (C=O) groups excluding carboxylic acids is 1. The fourth-order valence-corrected chi connectivity index (χ4v) is 2.90. The van der Waals surface area contributed by atoms with Crippen molar-refractivity contribution < 1.29 is 9.53 Å². The van der Waals surface area contributed by atoms with Crippen molar-refractivity contribution in [2.75, 3.05) is 0 Å². The van der Waals surface area contributed by atoms with Crippen LogP contribution in [0.3, 0.4) is 0 Å². The van der Waals surface area contributed by atoms with E-state index < -0.39 is 0 Å². The lowest BCUT2D eigenvalue weighted by molar-refractivity contribution is 0.112. The Morgan fingerprint density at radius 3 is 2.85 bits per heavy atom. The normalized spacial score (nSPS) is 17.4. The summed E-state index contributed by atoms with van der Waals surface area (Å²) >= 11 is 6.17. The lowest BCUT2D eigenvalue weighted by atomic mass is 9.89. The maximum absolute atomic E-state index is 10.7. The third kappa shape index (κ3) is 2.56. The maximum atomic E-state index is 10.7. The van der Waals surface area contributed by atoms with Crippen molar-refractivity contribution in [1.82, 2.24) is 0 Å². The van der Waals surface area contributed by atoms with Gasteiger partial charge in [0.15, 0.2) is 0 Å². The predicted molar refractivity (Wildman–Crippen MR) is 79.6 cm³/mol. The molecule has 0 saturated heterocycles. The van der Waals surface area contributed by atoms with Crippen LogP contribution in [0.4, 0.5) is 0 Å². The van der Waals surface area contributed by atoms with E-state index in [4.69, 9.17) is 16.3 Å². The van der Waals surface area contributed by atoms with Gasteiger partial charge in [-0.15, -0.1) is 0 Å². The van der Waals surface area contributed by atoms with Crippen molar-refractivity contribution in [1.29, 1.82) is 0 Å². The van der Waals surface area contributed by atoms with Crippen molar-refractivity contribution >= 4 is 17.9 Å². The lowest BCUT2D eigenvalue weighted by Crippen LogP contribution is -2.15. The van der Waals surface area contributed by atoms with Crippen LogP contribution in [0.25, 0.3) is 0 Å². The van der Waals surface area contributed by atoms with E-state index in [-0.39, 0.29) is 6.10 Å². The molecule has 0 aromatic heterocycles. The lowest BCUT2D eigenvalue weighted by Gasteiger charge is -2.26. The summed E-state index contributed by atoms with van der Waals surface area (Å²) in [7, 11) is 0. The molecular formula is C17H15ClO2. The quantitative estimate of drug-likeness (QED) is 0.770. The highest BCUT2D eigenvalue weighted by Crippen LogP contribution is 2.36. The Bertz CT molecular complexity index is 637. The molecule has 2 nitrogen and oxygen atoms in total. The molecule has 2 aromatic rings. The van der Waals surface area contributed by atoms with Crippen LogP contribution in [0, 0.1) is 0 Å². The number of carbonyl (C=O) groups is 1. The molecular weight excluding hydrogens is 272 g/mol. The summed E-state index contributed by atoms with van der Waals surface area (Å²) in [5.74, 6) is 0.638. The Hall–Kier alpha value is -1.80. The van der Waals surface area contributed by atoms with Gasteiger partial charge in [0.2, 0.25) is 0 Å². The summed E-state index contributed by atoms with van der Waals surface area (Å²) in [6.45, 7) is 0. The molecule has 0 N–H and O–H groups in total. The molecule has 2 aromatic carbocycles. The van der Waals surface area contributed by atoms with Crippen molar-refractivity contribution in [3.05, 3.63) is 64.2 Å². The summed E-state index contributed by atoms with van der Waals surface area (Å²) in [6.07, 6.45) is 4.04. The molecule has 1 atom stereocenters. The zero-order chi connectivity index (χ0) is 13.9. The molecule has 1 aliphatic carbocycles. The molecule has 102 valence electrons. The van der Waals surface area contributed by atoms with E-state index in [1.54, 1.807) is 18.2 Å². The Kier molecular flexibility index (Phi) is 3.75. The minimum absolute atomic E-state index is 0.0412. The van der Waals surface area contributed by atoms with E-state index in [9.17, 15) is 4.79 Å². The molecule has 3 heteroatoms. The summed E-state index contributed by atoms with van der Waals surface area (Å²) < 4.78 is 6.06. The van der Waals surface area contributed by atoms with Crippen molar-refractivity contribution in [3.63, 3.8) is 0 Å².